The Morgan fingerprint density at radius 1 is 0.897 bits per heavy atom. The lowest BCUT2D eigenvalue weighted by Crippen LogP contribution is -2.64. The average Bonchev–Trinajstić information content (AvgIpc) is 2.73. The van der Waals surface area contributed by atoms with Crippen LogP contribution in [-0.4, -0.2) is 78.9 Å². The minimum Gasteiger partial charge on any atom is -0.496 e. The molecule has 0 bridgehead atoms. The number of amides is 2. The summed E-state index contributed by atoms with van der Waals surface area (Å²) in [4.78, 5) is 31.5. The molecule has 2 aromatic carbocycles. The van der Waals surface area contributed by atoms with Crippen molar-refractivity contribution in [1.29, 1.82) is 0 Å². The number of carbonyl (C=O) groups excluding carboxylic acids is 2. The first-order valence-corrected chi connectivity index (χ1v) is 10.9. The number of nitrogens with zero attached hydrogens (tertiary/aromatic N) is 3. The molecule has 152 valence electrons. The molecule has 2 aromatic rings. The number of rotatable bonds is 4. The van der Waals surface area contributed by atoms with Crippen molar-refractivity contribution in [3.05, 3.63) is 63.2 Å². The molecule has 0 radical (unpaired) electrons. The Morgan fingerprint density at radius 3 is 2.17 bits per heavy atom. The highest BCUT2D eigenvalue weighted by molar-refractivity contribution is 14.1. The highest BCUT2D eigenvalue weighted by Gasteiger charge is 2.37. The molecule has 0 N–H and O–H groups in total. The molecule has 6 nitrogen and oxygen atoms in total. The third kappa shape index (κ3) is 4.25. The maximum absolute atomic E-state index is 12.7. The summed E-state index contributed by atoms with van der Waals surface area (Å²) in [6.07, 6.45) is 0. The third-order valence-electron chi connectivity index (χ3n) is 5.69. The molecule has 0 saturated carbocycles. The van der Waals surface area contributed by atoms with Crippen LogP contribution in [0.3, 0.4) is 0 Å². The Bertz CT molecular complexity index is 891. The first-order chi connectivity index (χ1) is 14.1. The fraction of sp³-hybridized carbons (Fsp3) is 0.364. The maximum Gasteiger partial charge on any atom is 0.254 e. The number of piperazine rings is 1. The predicted molar refractivity (Wildman–Crippen MR) is 119 cm³/mol. The summed E-state index contributed by atoms with van der Waals surface area (Å²) in [6, 6.07) is 15.4. The Labute approximate surface area is 184 Å². The monoisotopic (exact) mass is 505 g/mol. The van der Waals surface area contributed by atoms with E-state index in [2.05, 4.69) is 27.5 Å². The topological polar surface area (TPSA) is 53.1 Å². The SMILES string of the molecule is COc1ccc(C(=O)N2CC(N3CCN(C(=O)c4ccccc4)CC3)C2)cc1I. The number of carbonyl (C=O) groups is 2. The first-order valence-electron chi connectivity index (χ1n) is 9.78. The summed E-state index contributed by atoms with van der Waals surface area (Å²) in [5.74, 6) is 0.955. The van der Waals surface area contributed by atoms with E-state index in [0.29, 0.717) is 11.6 Å². The van der Waals surface area contributed by atoms with Crippen LogP contribution in [0.15, 0.2) is 48.5 Å². The molecule has 2 amide bonds. The summed E-state index contributed by atoms with van der Waals surface area (Å²) in [5.41, 5.74) is 1.45. The number of ether oxygens (including phenoxy) is 1. The van der Waals surface area contributed by atoms with Crippen molar-refractivity contribution < 1.29 is 14.3 Å². The van der Waals surface area contributed by atoms with E-state index in [1.165, 1.54) is 0 Å². The van der Waals surface area contributed by atoms with Crippen LogP contribution in [0.5, 0.6) is 5.75 Å². The van der Waals surface area contributed by atoms with E-state index < -0.39 is 0 Å². The number of methoxy groups -OCH3 is 1. The van der Waals surface area contributed by atoms with Crippen LogP contribution in [0.1, 0.15) is 20.7 Å². The van der Waals surface area contributed by atoms with Crippen molar-refractivity contribution in [2.24, 2.45) is 0 Å². The predicted octanol–water partition coefficient (Wildman–Crippen LogP) is 2.58. The molecule has 0 unspecified atom stereocenters. The van der Waals surface area contributed by atoms with Crippen LogP contribution in [0.4, 0.5) is 0 Å². The van der Waals surface area contributed by atoms with E-state index in [4.69, 9.17) is 4.74 Å². The molecule has 2 heterocycles. The van der Waals surface area contributed by atoms with Crippen LogP contribution in [0, 0.1) is 3.57 Å². The molecule has 0 spiro atoms. The zero-order chi connectivity index (χ0) is 20.4. The zero-order valence-electron chi connectivity index (χ0n) is 16.4. The normalized spacial score (nSPS) is 17.7. The Kier molecular flexibility index (Phi) is 6.05. The van der Waals surface area contributed by atoms with Crippen LogP contribution in [-0.2, 0) is 0 Å². The summed E-state index contributed by atoms with van der Waals surface area (Å²) in [6.45, 7) is 4.66. The highest BCUT2D eigenvalue weighted by Crippen LogP contribution is 2.25. The lowest BCUT2D eigenvalue weighted by atomic mass is 10.0. The molecular formula is C22H24IN3O3. The Balaban J connectivity index is 1.27. The van der Waals surface area contributed by atoms with Gasteiger partial charge in [-0.25, -0.2) is 0 Å². The van der Waals surface area contributed by atoms with Crippen LogP contribution < -0.4 is 4.74 Å². The van der Waals surface area contributed by atoms with Gasteiger partial charge in [0.25, 0.3) is 11.8 Å². The van der Waals surface area contributed by atoms with Crippen molar-refractivity contribution in [2.75, 3.05) is 46.4 Å². The summed E-state index contributed by atoms with van der Waals surface area (Å²) in [7, 11) is 1.63. The smallest absolute Gasteiger partial charge is 0.254 e. The fourth-order valence-corrected chi connectivity index (χ4v) is 4.62. The molecule has 2 aliphatic rings. The molecule has 2 fully saturated rings. The van der Waals surface area contributed by atoms with E-state index in [-0.39, 0.29) is 11.8 Å². The van der Waals surface area contributed by atoms with Crippen LogP contribution >= 0.6 is 22.6 Å². The summed E-state index contributed by atoms with van der Waals surface area (Å²) < 4.78 is 6.20. The number of hydrogen-bond donors (Lipinski definition) is 0. The van der Waals surface area contributed by atoms with Gasteiger partial charge in [0.1, 0.15) is 5.75 Å². The van der Waals surface area contributed by atoms with Gasteiger partial charge in [0.15, 0.2) is 0 Å². The summed E-state index contributed by atoms with van der Waals surface area (Å²) in [5, 5.41) is 0. The second-order valence-electron chi connectivity index (χ2n) is 7.41. The second-order valence-corrected chi connectivity index (χ2v) is 8.57. The van der Waals surface area contributed by atoms with Gasteiger partial charge in [-0.3, -0.25) is 14.5 Å². The molecule has 2 saturated heterocycles. The lowest BCUT2D eigenvalue weighted by Gasteiger charge is -2.48. The molecule has 0 aliphatic carbocycles. The quantitative estimate of drug-likeness (QED) is 0.600. The van der Waals surface area contributed by atoms with E-state index in [9.17, 15) is 9.59 Å². The van der Waals surface area contributed by atoms with Crippen molar-refractivity contribution in [3.63, 3.8) is 0 Å². The maximum atomic E-state index is 12.7. The van der Waals surface area contributed by atoms with E-state index in [0.717, 1.165) is 54.2 Å². The first kappa shape index (κ1) is 20.2. The molecule has 7 heteroatoms. The third-order valence-corrected chi connectivity index (χ3v) is 6.53. The van der Waals surface area contributed by atoms with E-state index >= 15 is 0 Å². The Morgan fingerprint density at radius 2 is 1.55 bits per heavy atom. The summed E-state index contributed by atoms with van der Waals surface area (Å²) >= 11 is 2.19. The van der Waals surface area contributed by atoms with Crippen LogP contribution in [0.25, 0.3) is 0 Å². The van der Waals surface area contributed by atoms with Gasteiger partial charge in [0.2, 0.25) is 0 Å². The number of hydrogen-bond acceptors (Lipinski definition) is 4. The van der Waals surface area contributed by atoms with Gasteiger partial charge in [-0.2, -0.15) is 0 Å². The lowest BCUT2D eigenvalue weighted by molar-refractivity contribution is 0.00853. The van der Waals surface area contributed by atoms with E-state index in [1.807, 2.05) is 58.3 Å². The molecule has 0 aromatic heterocycles. The van der Waals surface area contributed by atoms with Crippen LogP contribution in [0.2, 0.25) is 0 Å². The number of likely N-dealkylation sites (tertiary alicyclic amines) is 1. The molecule has 2 aliphatic heterocycles. The zero-order valence-corrected chi connectivity index (χ0v) is 18.5. The van der Waals surface area contributed by atoms with E-state index in [1.54, 1.807) is 7.11 Å². The number of benzene rings is 2. The van der Waals surface area contributed by atoms with Gasteiger partial charge in [0.05, 0.1) is 10.7 Å². The Hall–Kier alpha value is -2.13. The second kappa shape index (κ2) is 8.71. The van der Waals surface area contributed by atoms with Crippen molar-refractivity contribution in [1.82, 2.24) is 14.7 Å². The minimum atomic E-state index is 0.0692. The van der Waals surface area contributed by atoms with Crippen molar-refractivity contribution in [3.8, 4) is 5.75 Å². The molecule has 4 rings (SSSR count). The van der Waals surface area contributed by atoms with Crippen molar-refractivity contribution >= 4 is 34.4 Å². The molecule has 29 heavy (non-hydrogen) atoms. The van der Waals surface area contributed by atoms with Gasteiger partial charge in [-0.05, 0) is 52.9 Å². The highest BCUT2D eigenvalue weighted by atomic mass is 127. The van der Waals surface area contributed by atoms with Crippen molar-refractivity contribution in [2.45, 2.75) is 6.04 Å². The molecular weight excluding hydrogens is 481 g/mol. The van der Waals surface area contributed by atoms with Gasteiger partial charge in [0, 0.05) is 56.4 Å². The van der Waals surface area contributed by atoms with Gasteiger partial charge in [-0.15, -0.1) is 0 Å². The fourth-order valence-electron chi connectivity index (χ4n) is 3.89. The molecule has 0 atom stereocenters. The van der Waals surface area contributed by atoms with Gasteiger partial charge >= 0.3 is 0 Å². The number of halogens is 1. The average molecular weight is 505 g/mol. The minimum absolute atomic E-state index is 0.0692. The van der Waals surface area contributed by atoms with Gasteiger partial charge < -0.3 is 14.5 Å². The van der Waals surface area contributed by atoms with Gasteiger partial charge in [-0.1, -0.05) is 18.2 Å². The largest absolute Gasteiger partial charge is 0.496 e. The standard InChI is InChI=1S/C22H24IN3O3/c1-29-20-8-7-17(13-19(20)23)22(28)26-14-18(15-26)24-9-11-25(12-10-24)21(27)16-5-3-2-4-6-16/h2-8,13,18H,9-12,14-15H2,1H3.